The summed E-state index contributed by atoms with van der Waals surface area (Å²) in [7, 11) is 0. The topological polar surface area (TPSA) is 56.7 Å². The molecule has 1 amide bonds. The van der Waals surface area contributed by atoms with E-state index in [1.807, 2.05) is 17.2 Å². The first-order chi connectivity index (χ1) is 9.65. The van der Waals surface area contributed by atoms with Gasteiger partial charge in [0.05, 0.1) is 11.1 Å². The van der Waals surface area contributed by atoms with Crippen molar-refractivity contribution in [2.45, 2.75) is 38.3 Å². The molecule has 2 fully saturated rings. The van der Waals surface area contributed by atoms with Gasteiger partial charge in [-0.3, -0.25) is 9.69 Å². The number of carbonyl (C=O) groups excluding carboxylic acids is 1. The molecule has 1 saturated carbocycles. The van der Waals surface area contributed by atoms with Crippen LogP contribution in [0.3, 0.4) is 0 Å². The summed E-state index contributed by atoms with van der Waals surface area (Å²) in [4.78, 5) is 20.8. The second-order valence-electron chi connectivity index (χ2n) is 5.65. The van der Waals surface area contributed by atoms with Crippen LogP contribution in [0.25, 0.3) is 0 Å². The van der Waals surface area contributed by atoms with Crippen molar-refractivity contribution in [3.05, 3.63) is 16.1 Å². The molecule has 110 valence electrons. The lowest BCUT2D eigenvalue weighted by Crippen LogP contribution is -2.53. The SMILES string of the molecule is Cc1nc(C(=O)N2CCN([C@@H]3CCC[C@H]3O)CC2)cs1. The van der Waals surface area contributed by atoms with E-state index in [-0.39, 0.29) is 12.0 Å². The third-order valence-corrected chi connectivity index (χ3v) is 5.13. The molecule has 1 aromatic heterocycles. The van der Waals surface area contributed by atoms with Crippen molar-refractivity contribution in [3.63, 3.8) is 0 Å². The second-order valence-corrected chi connectivity index (χ2v) is 6.71. The molecule has 3 rings (SSSR count). The lowest BCUT2D eigenvalue weighted by atomic mass is 10.1. The van der Waals surface area contributed by atoms with Crippen LogP contribution >= 0.6 is 11.3 Å². The molecule has 1 saturated heterocycles. The summed E-state index contributed by atoms with van der Waals surface area (Å²) in [6.07, 6.45) is 2.93. The third-order valence-electron chi connectivity index (χ3n) is 4.35. The number of hydrogen-bond donors (Lipinski definition) is 1. The molecule has 0 radical (unpaired) electrons. The zero-order valence-electron chi connectivity index (χ0n) is 11.8. The zero-order valence-corrected chi connectivity index (χ0v) is 12.6. The molecule has 0 spiro atoms. The average Bonchev–Trinajstić information content (AvgIpc) is 3.07. The molecule has 1 aliphatic heterocycles. The first kappa shape index (κ1) is 14.0. The maximum atomic E-state index is 12.3. The van der Waals surface area contributed by atoms with E-state index in [1.54, 1.807) is 0 Å². The summed E-state index contributed by atoms with van der Waals surface area (Å²) < 4.78 is 0. The van der Waals surface area contributed by atoms with Gasteiger partial charge in [0, 0.05) is 37.6 Å². The third kappa shape index (κ3) is 2.73. The Morgan fingerprint density at radius 1 is 1.35 bits per heavy atom. The number of rotatable bonds is 2. The van der Waals surface area contributed by atoms with Gasteiger partial charge < -0.3 is 10.0 Å². The highest BCUT2D eigenvalue weighted by Gasteiger charge is 2.33. The van der Waals surface area contributed by atoms with Gasteiger partial charge in [-0.1, -0.05) is 0 Å². The highest BCUT2D eigenvalue weighted by Crippen LogP contribution is 2.25. The van der Waals surface area contributed by atoms with Crippen LogP contribution in [0.5, 0.6) is 0 Å². The van der Waals surface area contributed by atoms with E-state index >= 15 is 0 Å². The summed E-state index contributed by atoms with van der Waals surface area (Å²) in [6.45, 7) is 5.10. The number of aliphatic hydroxyl groups excluding tert-OH is 1. The van der Waals surface area contributed by atoms with Crippen LogP contribution in [0.1, 0.15) is 34.8 Å². The van der Waals surface area contributed by atoms with Crippen molar-refractivity contribution in [1.29, 1.82) is 0 Å². The molecule has 2 heterocycles. The molecule has 0 unspecified atom stereocenters. The standard InChI is InChI=1S/C14H21N3O2S/c1-10-15-11(9-20-10)14(19)17-7-5-16(6-8-17)12-3-2-4-13(12)18/h9,12-13,18H,2-8H2,1H3/t12-,13-/m1/s1. The van der Waals surface area contributed by atoms with E-state index in [4.69, 9.17) is 0 Å². The molecule has 1 N–H and O–H groups in total. The number of piperazine rings is 1. The fraction of sp³-hybridized carbons (Fsp3) is 0.714. The Kier molecular flexibility index (Phi) is 4.05. The molecule has 2 atom stereocenters. The van der Waals surface area contributed by atoms with E-state index in [0.29, 0.717) is 11.7 Å². The summed E-state index contributed by atoms with van der Waals surface area (Å²) in [5.41, 5.74) is 0.571. The molecule has 5 nitrogen and oxygen atoms in total. The summed E-state index contributed by atoms with van der Waals surface area (Å²) in [5.74, 6) is 0.0426. The lowest BCUT2D eigenvalue weighted by molar-refractivity contribution is 0.0313. The zero-order chi connectivity index (χ0) is 14.1. The smallest absolute Gasteiger partial charge is 0.273 e. The molecule has 6 heteroatoms. The quantitative estimate of drug-likeness (QED) is 0.888. The van der Waals surface area contributed by atoms with Crippen LogP contribution in [0, 0.1) is 6.92 Å². The van der Waals surface area contributed by atoms with Gasteiger partial charge >= 0.3 is 0 Å². The van der Waals surface area contributed by atoms with Crippen molar-refractivity contribution in [1.82, 2.24) is 14.8 Å². The van der Waals surface area contributed by atoms with Gasteiger partial charge in [-0.2, -0.15) is 0 Å². The number of aromatic nitrogens is 1. The first-order valence-electron chi connectivity index (χ1n) is 7.28. The van der Waals surface area contributed by atoms with Crippen molar-refractivity contribution < 1.29 is 9.90 Å². The Morgan fingerprint density at radius 3 is 2.65 bits per heavy atom. The number of thiazole rings is 1. The number of carbonyl (C=O) groups is 1. The van der Waals surface area contributed by atoms with E-state index in [2.05, 4.69) is 9.88 Å². The molecule has 0 bridgehead atoms. The minimum absolute atomic E-state index is 0.0426. The molecular formula is C14H21N3O2S. The molecule has 20 heavy (non-hydrogen) atoms. The fourth-order valence-electron chi connectivity index (χ4n) is 3.23. The van der Waals surface area contributed by atoms with E-state index < -0.39 is 0 Å². The largest absolute Gasteiger partial charge is 0.391 e. The van der Waals surface area contributed by atoms with Gasteiger partial charge in [0.1, 0.15) is 5.69 Å². The highest BCUT2D eigenvalue weighted by molar-refractivity contribution is 7.09. The summed E-state index contributed by atoms with van der Waals surface area (Å²) >= 11 is 1.52. The molecule has 0 aromatic carbocycles. The predicted molar refractivity (Wildman–Crippen MR) is 78.0 cm³/mol. The number of aliphatic hydroxyl groups is 1. The lowest BCUT2D eigenvalue weighted by Gasteiger charge is -2.38. The Hall–Kier alpha value is -0.980. The first-order valence-corrected chi connectivity index (χ1v) is 8.16. The molecule has 2 aliphatic rings. The maximum Gasteiger partial charge on any atom is 0.273 e. The fourth-order valence-corrected chi connectivity index (χ4v) is 3.81. The normalized spacial score (nSPS) is 28.0. The maximum absolute atomic E-state index is 12.3. The minimum atomic E-state index is -0.182. The van der Waals surface area contributed by atoms with Crippen LogP contribution in [0.15, 0.2) is 5.38 Å². The van der Waals surface area contributed by atoms with Crippen LogP contribution in [-0.2, 0) is 0 Å². The Bertz CT molecular complexity index is 483. The number of nitrogens with zero attached hydrogens (tertiary/aromatic N) is 3. The summed E-state index contributed by atoms with van der Waals surface area (Å²) in [6, 6.07) is 0.300. The van der Waals surface area contributed by atoms with Crippen LogP contribution in [-0.4, -0.2) is 64.1 Å². The minimum Gasteiger partial charge on any atom is -0.391 e. The Morgan fingerprint density at radius 2 is 2.10 bits per heavy atom. The van der Waals surface area contributed by atoms with Gasteiger partial charge in [0.15, 0.2) is 0 Å². The number of hydrogen-bond acceptors (Lipinski definition) is 5. The number of amides is 1. The van der Waals surface area contributed by atoms with Gasteiger partial charge in [0.2, 0.25) is 0 Å². The molecule has 1 aliphatic carbocycles. The van der Waals surface area contributed by atoms with Crippen LogP contribution in [0.2, 0.25) is 0 Å². The number of aryl methyl sites for hydroxylation is 1. The summed E-state index contributed by atoms with van der Waals surface area (Å²) in [5, 5.41) is 12.7. The van der Waals surface area contributed by atoms with Crippen molar-refractivity contribution in [2.75, 3.05) is 26.2 Å². The van der Waals surface area contributed by atoms with Gasteiger partial charge in [-0.15, -0.1) is 11.3 Å². The van der Waals surface area contributed by atoms with Gasteiger partial charge in [0.25, 0.3) is 5.91 Å². The van der Waals surface area contributed by atoms with Crippen LogP contribution in [0.4, 0.5) is 0 Å². The van der Waals surface area contributed by atoms with Crippen molar-refractivity contribution >= 4 is 17.2 Å². The van der Waals surface area contributed by atoms with Crippen molar-refractivity contribution in [2.24, 2.45) is 0 Å². The van der Waals surface area contributed by atoms with E-state index in [0.717, 1.165) is 50.4 Å². The second kappa shape index (κ2) is 5.79. The predicted octanol–water partition coefficient (Wildman–Crippen LogP) is 1.12. The van der Waals surface area contributed by atoms with Crippen LogP contribution < -0.4 is 0 Å². The van der Waals surface area contributed by atoms with E-state index in [1.165, 1.54) is 11.3 Å². The highest BCUT2D eigenvalue weighted by atomic mass is 32.1. The molecular weight excluding hydrogens is 274 g/mol. The van der Waals surface area contributed by atoms with E-state index in [9.17, 15) is 9.90 Å². The van der Waals surface area contributed by atoms with Gasteiger partial charge in [-0.25, -0.2) is 4.98 Å². The Labute approximate surface area is 123 Å². The van der Waals surface area contributed by atoms with Crippen molar-refractivity contribution in [3.8, 4) is 0 Å². The Balaban J connectivity index is 1.57. The average molecular weight is 295 g/mol. The van der Waals surface area contributed by atoms with Gasteiger partial charge in [-0.05, 0) is 26.2 Å². The monoisotopic (exact) mass is 295 g/mol. The molecule has 1 aromatic rings.